The largest absolute Gasteiger partial charge is 0.368 e. The summed E-state index contributed by atoms with van der Waals surface area (Å²) in [7, 11) is 0. The number of hydrogen-bond acceptors (Lipinski definition) is 5. The van der Waals surface area contributed by atoms with Crippen LogP contribution in [-0.4, -0.2) is 28.9 Å². The molecule has 2 heterocycles. The van der Waals surface area contributed by atoms with E-state index in [9.17, 15) is 14.0 Å². The molecule has 148 valence electrons. The van der Waals surface area contributed by atoms with E-state index in [2.05, 4.69) is 6.92 Å². The van der Waals surface area contributed by atoms with Gasteiger partial charge in [0.1, 0.15) is 5.82 Å². The van der Waals surface area contributed by atoms with E-state index in [0.29, 0.717) is 41.1 Å². The van der Waals surface area contributed by atoms with Gasteiger partial charge in [-0.3, -0.25) is 9.36 Å². The quantitative estimate of drug-likeness (QED) is 0.759. The predicted molar refractivity (Wildman–Crippen MR) is 107 cm³/mol. The molecular formula is C18H25ClFN5O2. The molecule has 1 atom stereocenters. The zero-order valence-corrected chi connectivity index (χ0v) is 16.3. The van der Waals surface area contributed by atoms with Crippen molar-refractivity contribution in [3.8, 4) is 0 Å². The summed E-state index contributed by atoms with van der Waals surface area (Å²) in [6.07, 6.45) is 2.59. The van der Waals surface area contributed by atoms with Crippen LogP contribution in [0.2, 0.25) is 0 Å². The summed E-state index contributed by atoms with van der Waals surface area (Å²) in [6.45, 7) is 5.74. The maximum Gasteiger partial charge on any atom is 0.350 e. The van der Waals surface area contributed by atoms with Crippen molar-refractivity contribution in [3.05, 3.63) is 38.3 Å². The molecular weight excluding hydrogens is 373 g/mol. The first-order valence-corrected chi connectivity index (χ1v) is 8.98. The van der Waals surface area contributed by atoms with Crippen LogP contribution in [0.15, 0.2) is 15.7 Å². The van der Waals surface area contributed by atoms with Crippen molar-refractivity contribution in [1.82, 2.24) is 9.24 Å². The molecule has 4 N–H and O–H groups in total. The van der Waals surface area contributed by atoms with Crippen molar-refractivity contribution in [2.75, 3.05) is 30.4 Å². The Labute approximate surface area is 162 Å². The first-order chi connectivity index (χ1) is 12.3. The van der Waals surface area contributed by atoms with Crippen LogP contribution in [0.3, 0.4) is 0 Å². The molecule has 1 aromatic carbocycles. The highest BCUT2D eigenvalue weighted by Gasteiger charge is 2.36. The lowest BCUT2D eigenvalue weighted by atomic mass is 9.90. The van der Waals surface area contributed by atoms with Crippen molar-refractivity contribution in [1.29, 1.82) is 0 Å². The van der Waals surface area contributed by atoms with Gasteiger partial charge in [0.15, 0.2) is 0 Å². The second-order valence-corrected chi connectivity index (χ2v) is 7.97. The maximum atomic E-state index is 15.0. The van der Waals surface area contributed by atoms with Crippen LogP contribution in [0.5, 0.6) is 0 Å². The van der Waals surface area contributed by atoms with E-state index in [0.717, 1.165) is 19.3 Å². The monoisotopic (exact) mass is 397 g/mol. The van der Waals surface area contributed by atoms with E-state index in [4.69, 9.17) is 11.6 Å². The fraction of sp³-hybridized carbons (Fsp3) is 0.556. The summed E-state index contributed by atoms with van der Waals surface area (Å²) in [4.78, 5) is 27.0. The Morgan fingerprint density at radius 2 is 2.00 bits per heavy atom. The molecule has 9 heteroatoms. The van der Waals surface area contributed by atoms with Crippen LogP contribution in [0, 0.1) is 18.2 Å². The third kappa shape index (κ3) is 2.91. The summed E-state index contributed by atoms with van der Waals surface area (Å²) in [5.41, 5.74) is 6.18. The fourth-order valence-electron chi connectivity index (χ4n) is 4.10. The summed E-state index contributed by atoms with van der Waals surface area (Å²) >= 11 is 0. The zero-order valence-electron chi connectivity index (χ0n) is 15.5. The van der Waals surface area contributed by atoms with Gasteiger partial charge in [-0.05, 0) is 44.2 Å². The molecule has 1 saturated heterocycles. The summed E-state index contributed by atoms with van der Waals surface area (Å²) < 4.78 is 17.1. The summed E-state index contributed by atoms with van der Waals surface area (Å²) in [6, 6.07) is 1.24. The van der Waals surface area contributed by atoms with Crippen LogP contribution in [-0.2, 0) is 0 Å². The third-order valence-electron chi connectivity index (χ3n) is 5.84. The van der Waals surface area contributed by atoms with Crippen LogP contribution in [0.1, 0.15) is 37.8 Å². The molecule has 1 aromatic heterocycles. The van der Waals surface area contributed by atoms with Crippen molar-refractivity contribution in [3.63, 3.8) is 0 Å². The minimum Gasteiger partial charge on any atom is -0.368 e. The number of rotatable bonds is 3. The Balaban J connectivity index is 0.00000210. The molecule has 2 fully saturated rings. The molecule has 1 aliphatic heterocycles. The number of nitrogen functional groups attached to an aromatic ring is 1. The van der Waals surface area contributed by atoms with E-state index in [1.165, 1.54) is 6.07 Å². The van der Waals surface area contributed by atoms with E-state index in [1.54, 1.807) is 11.5 Å². The molecule has 7 nitrogen and oxygen atoms in total. The lowest BCUT2D eigenvalue weighted by Gasteiger charge is -2.26. The molecule has 1 aliphatic carbocycles. The average molecular weight is 398 g/mol. The molecule has 1 unspecified atom stereocenters. The van der Waals surface area contributed by atoms with Gasteiger partial charge in [-0.15, -0.1) is 12.4 Å². The lowest BCUT2D eigenvalue weighted by molar-refractivity contribution is 0.383. The smallest absolute Gasteiger partial charge is 0.350 e. The lowest BCUT2D eigenvalue weighted by Crippen LogP contribution is -2.44. The Kier molecular flexibility index (Phi) is 4.76. The van der Waals surface area contributed by atoms with Crippen LogP contribution in [0.25, 0.3) is 10.9 Å². The first kappa shape index (κ1) is 19.7. The standard InChI is InChI=1S/C18H24FN5O2.ClH/c1-10-14-12(16(25)24(21)17(26)23(14)11-3-4-11)7-13(19)15(10)22-6-5-18(2,8-20)9-22;/h7,11H,3-6,8-9,20-21H2,1-2H3;1H. The topological polar surface area (TPSA) is 99.3 Å². The van der Waals surface area contributed by atoms with Gasteiger partial charge >= 0.3 is 5.69 Å². The number of aryl methyl sites for hydroxylation is 1. The third-order valence-corrected chi connectivity index (χ3v) is 5.84. The van der Waals surface area contributed by atoms with Gasteiger partial charge in [0.05, 0.1) is 16.6 Å². The van der Waals surface area contributed by atoms with Gasteiger partial charge in [0, 0.05) is 24.7 Å². The van der Waals surface area contributed by atoms with Crippen molar-refractivity contribution in [2.24, 2.45) is 11.1 Å². The molecule has 2 aromatic rings. The van der Waals surface area contributed by atoms with Gasteiger partial charge in [0.2, 0.25) is 0 Å². The molecule has 0 bridgehead atoms. The van der Waals surface area contributed by atoms with Crippen LogP contribution >= 0.6 is 12.4 Å². The highest BCUT2D eigenvalue weighted by molar-refractivity contribution is 5.87. The Hall–Kier alpha value is -2.06. The number of aromatic nitrogens is 2. The van der Waals surface area contributed by atoms with Gasteiger partial charge in [-0.1, -0.05) is 6.92 Å². The minimum atomic E-state index is -0.663. The van der Waals surface area contributed by atoms with Crippen molar-refractivity contribution >= 4 is 29.0 Å². The first-order valence-electron chi connectivity index (χ1n) is 8.98. The number of nitrogens with two attached hydrogens (primary N) is 2. The van der Waals surface area contributed by atoms with E-state index >= 15 is 0 Å². The Bertz CT molecular complexity index is 1030. The molecule has 27 heavy (non-hydrogen) atoms. The van der Waals surface area contributed by atoms with E-state index < -0.39 is 17.1 Å². The van der Waals surface area contributed by atoms with Crippen molar-refractivity contribution < 1.29 is 4.39 Å². The fourth-order valence-corrected chi connectivity index (χ4v) is 4.10. The molecule has 2 aliphatic rings. The van der Waals surface area contributed by atoms with E-state index in [-0.39, 0.29) is 29.3 Å². The summed E-state index contributed by atoms with van der Waals surface area (Å²) in [5.74, 6) is 5.19. The second kappa shape index (κ2) is 6.53. The summed E-state index contributed by atoms with van der Waals surface area (Å²) in [5, 5.41) is 0.151. The van der Waals surface area contributed by atoms with E-state index in [1.807, 2.05) is 4.90 Å². The number of anilines is 1. The number of nitrogens with zero attached hydrogens (tertiary/aromatic N) is 3. The van der Waals surface area contributed by atoms with Gasteiger partial charge in [-0.2, -0.15) is 4.68 Å². The molecule has 0 amide bonds. The van der Waals surface area contributed by atoms with Gasteiger partial charge < -0.3 is 16.5 Å². The number of hydrogen-bond donors (Lipinski definition) is 2. The Morgan fingerprint density at radius 3 is 2.56 bits per heavy atom. The van der Waals surface area contributed by atoms with Crippen LogP contribution < -0.4 is 27.7 Å². The highest BCUT2D eigenvalue weighted by atomic mass is 35.5. The number of benzene rings is 1. The molecule has 4 rings (SSSR count). The molecule has 0 radical (unpaired) electrons. The maximum absolute atomic E-state index is 15.0. The van der Waals surface area contributed by atoms with Gasteiger partial charge in [0.25, 0.3) is 5.56 Å². The SMILES string of the molecule is Cc1c(N2CCC(C)(CN)C2)c(F)cc2c(=O)n(N)c(=O)n(C3CC3)c12.Cl. The number of fused-ring (bicyclic) bond motifs is 1. The second-order valence-electron chi connectivity index (χ2n) is 7.97. The van der Waals surface area contributed by atoms with Crippen molar-refractivity contribution in [2.45, 2.75) is 39.2 Å². The zero-order chi connectivity index (χ0) is 18.8. The molecule has 1 saturated carbocycles. The molecule has 0 spiro atoms. The highest BCUT2D eigenvalue weighted by Crippen LogP contribution is 2.40. The van der Waals surface area contributed by atoms with Gasteiger partial charge in [-0.25, -0.2) is 9.18 Å². The number of halogens is 2. The predicted octanol–water partition coefficient (Wildman–Crippen LogP) is 1.26. The normalized spacial score (nSPS) is 22.3. The van der Waals surface area contributed by atoms with Crippen LogP contribution in [0.4, 0.5) is 10.1 Å². The minimum absolute atomic E-state index is 0. The average Bonchev–Trinajstić information content (AvgIpc) is 3.37. The Morgan fingerprint density at radius 1 is 1.33 bits per heavy atom.